The fraction of sp³-hybridized carbons (Fsp3) is 0.333. The van der Waals surface area contributed by atoms with Crippen LogP contribution in [0.3, 0.4) is 0 Å². The summed E-state index contributed by atoms with van der Waals surface area (Å²) in [7, 11) is 0. The molecule has 0 aliphatic rings. The Morgan fingerprint density at radius 3 is 2.52 bits per heavy atom. The minimum absolute atomic E-state index is 0.273. The second kappa shape index (κ2) is 9.21. The Labute approximate surface area is 183 Å². The molecule has 162 valence electrons. The van der Waals surface area contributed by atoms with Crippen LogP contribution in [-0.4, -0.2) is 25.5 Å². The lowest BCUT2D eigenvalue weighted by molar-refractivity contribution is 0.143. The van der Waals surface area contributed by atoms with Crippen LogP contribution in [0.5, 0.6) is 5.75 Å². The quantitative estimate of drug-likeness (QED) is 0.529. The van der Waals surface area contributed by atoms with E-state index in [9.17, 15) is 5.11 Å². The van der Waals surface area contributed by atoms with Gasteiger partial charge in [0, 0.05) is 41.7 Å². The first-order valence-electron chi connectivity index (χ1n) is 10.2. The van der Waals surface area contributed by atoms with E-state index in [0.717, 1.165) is 27.8 Å². The van der Waals surface area contributed by atoms with E-state index in [1.807, 2.05) is 35.1 Å². The molecule has 7 nitrogen and oxygen atoms in total. The van der Waals surface area contributed by atoms with Gasteiger partial charge in [0.05, 0.1) is 6.20 Å². The first-order valence-corrected chi connectivity index (χ1v) is 10.2. The van der Waals surface area contributed by atoms with Gasteiger partial charge in [0.25, 0.3) is 0 Å². The number of aliphatic hydroxyl groups is 1. The predicted octanol–water partition coefficient (Wildman–Crippen LogP) is 3.27. The lowest BCUT2D eigenvalue weighted by Gasteiger charge is -2.11. The number of anilines is 1. The molecule has 0 unspecified atom stereocenters. The molecule has 0 spiro atoms. The zero-order valence-corrected chi connectivity index (χ0v) is 18.4. The van der Waals surface area contributed by atoms with Crippen molar-refractivity contribution in [2.75, 3.05) is 5.73 Å². The van der Waals surface area contributed by atoms with Crippen LogP contribution in [0.25, 0.3) is 11.1 Å². The van der Waals surface area contributed by atoms with E-state index in [1.165, 1.54) is 0 Å². The highest BCUT2D eigenvalue weighted by molar-refractivity contribution is 5.65. The smallest absolute Gasteiger partial charge is 0.166 e. The molecule has 0 radical (unpaired) electrons. The Morgan fingerprint density at radius 1 is 1.13 bits per heavy atom. The van der Waals surface area contributed by atoms with Gasteiger partial charge in [-0.3, -0.25) is 4.68 Å². The van der Waals surface area contributed by atoms with Gasteiger partial charge in [-0.2, -0.15) is 5.10 Å². The average Bonchev–Trinajstić information content (AvgIpc) is 3.21. The standard InChI is InChI=1S/C24H29N5O2/c1-16(2)29-14-21(13-28-29)20-10-22(23(26)27-12-20)31-15-19-8-17(5-6-24(3,4)30)7-18(9-19)11-25/h7-10,12-14,16,30H,11,15,25H2,1-4H3,(H2,26,27). The largest absolute Gasteiger partial charge is 0.485 e. The van der Waals surface area contributed by atoms with E-state index in [0.29, 0.717) is 18.1 Å². The summed E-state index contributed by atoms with van der Waals surface area (Å²) in [5, 5.41) is 14.2. The maximum atomic E-state index is 9.86. The normalized spacial score (nSPS) is 11.3. The molecule has 7 heteroatoms. The summed E-state index contributed by atoms with van der Waals surface area (Å²) >= 11 is 0. The third-order valence-corrected chi connectivity index (χ3v) is 4.54. The van der Waals surface area contributed by atoms with Gasteiger partial charge in [-0.05, 0) is 57.0 Å². The van der Waals surface area contributed by atoms with E-state index >= 15 is 0 Å². The molecule has 3 aromatic rings. The molecule has 0 fully saturated rings. The Balaban J connectivity index is 1.82. The lowest BCUT2D eigenvalue weighted by Crippen LogP contribution is -2.14. The number of benzene rings is 1. The van der Waals surface area contributed by atoms with Crippen LogP contribution >= 0.6 is 0 Å². The van der Waals surface area contributed by atoms with E-state index in [4.69, 9.17) is 16.2 Å². The highest BCUT2D eigenvalue weighted by Gasteiger charge is 2.10. The highest BCUT2D eigenvalue weighted by Crippen LogP contribution is 2.28. The molecule has 0 saturated carbocycles. The van der Waals surface area contributed by atoms with Gasteiger partial charge >= 0.3 is 0 Å². The molecule has 0 aliphatic carbocycles. The van der Waals surface area contributed by atoms with E-state index in [-0.39, 0.29) is 12.6 Å². The summed E-state index contributed by atoms with van der Waals surface area (Å²) in [5.74, 6) is 6.63. The van der Waals surface area contributed by atoms with Gasteiger partial charge in [0.1, 0.15) is 12.2 Å². The van der Waals surface area contributed by atoms with Crippen LogP contribution in [0.1, 0.15) is 50.4 Å². The number of ether oxygens (including phenoxy) is 1. The molecule has 0 amide bonds. The van der Waals surface area contributed by atoms with Crippen LogP contribution in [0.2, 0.25) is 0 Å². The minimum Gasteiger partial charge on any atom is -0.485 e. The Bertz CT molecular complexity index is 1120. The fourth-order valence-electron chi connectivity index (χ4n) is 2.92. The number of pyridine rings is 1. The van der Waals surface area contributed by atoms with E-state index < -0.39 is 5.60 Å². The Hall–Kier alpha value is -3.34. The molecule has 3 rings (SSSR count). The number of rotatable bonds is 6. The summed E-state index contributed by atoms with van der Waals surface area (Å²) in [6.07, 6.45) is 5.48. The second-order valence-electron chi connectivity index (χ2n) is 8.25. The number of hydrogen-bond acceptors (Lipinski definition) is 6. The number of nitrogens with zero attached hydrogens (tertiary/aromatic N) is 3. The molecule has 2 heterocycles. The molecule has 2 aromatic heterocycles. The molecule has 1 aromatic carbocycles. The van der Waals surface area contributed by atoms with Crippen molar-refractivity contribution in [3.63, 3.8) is 0 Å². The third kappa shape index (κ3) is 6.07. The van der Waals surface area contributed by atoms with Crippen LogP contribution < -0.4 is 16.2 Å². The SMILES string of the molecule is CC(C)n1cc(-c2cnc(N)c(OCc3cc(C#CC(C)(C)O)cc(CN)c3)c2)cn1. The molecule has 0 saturated heterocycles. The van der Waals surface area contributed by atoms with Gasteiger partial charge in [0.15, 0.2) is 11.6 Å². The van der Waals surface area contributed by atoms with Crippen molar-refractivity contribution in [2.45, 2.75) is 52.5 Å². The zero-order chi connectivity index (χ0) is 22.6. The van der Waals surface area contributed by atoms with Crippen molar-refractivity contribution in [3.8, 4) is 28.7 Å². The van der Waals surface area contributed by atoms with Gasteiger partial charge in [-0.15, -0.1) is 0 Å². The number of nitrogens with two attached hydrogens (primary N) is 2. The van der Waals surface area contributed by atoms with E-state index in [2.05, 4.69) is 35.8 Å². The van der Waals surface area contributed by atoms with E-state index in [1.54, 1.807) is 26.2 Å². The summed E-state index contributed by atoms with van der Waals surface area (Å²) in [6.45, 7) is 8.09. The number of aromatic nitrogens is 3. The van der Waals surface area contributed by atoms with Gasteiger partial charge in [-0.1, -0.05) is 17.9 Å². The first-order chi connectivity index (χ1) is 14.6. The molecular formula is C24H29N5O2. The van der Waals surface area contributed by atoms with Crippen molar-refractivity contribution in [1.29, 1.82) is 0 Å². The summed E-state index contributed by atoms with van der Waals surface area (Å²) in [4.78, 5) is 4.28. The van der Waals surface area contributed by atoms with Crippen LogP contribution in [0.4, 0.5) is 5.82 Å². The molecule has 0 aliphatic heterocycles. The van der Waals surface area contributed by atoms with Gasteiger partial charge < -0.3 is 21.3 Å². The average molecular weight is 420 g/mol. The highest BCUT2D eigenvalue weighted by atomic mass is 16.5. The van der Waals surface area contributed by atoms with Crippen LogP contribution in [-0.2, 0) is 13.2 Å². The van der Waals surface area contributed by atoms with Gasteiger partial charge in [-0.25, -0.2) is 4.98 Å². The topological polar surface area (TPSA) is 112 Å². The summed E-state index contributed by atoms with van der Waals surface area (Å²) in [6, 6.07) is 7.93. The fourth-order valence-corrected chi connectivity index (χ4v) is 2.92. The number of hydrogen-bond donors (Lipinski definition) is 3. The number of nitrogen functional groups attached to an aromatic ring is 1. The molecule has 0 atom stereocenters. The van der Waals surface area contributed by atoms with Crippen molar-refractivity contribution in [3.05, 3.63) is 59.5 Å². The van der Waals surface area contributed by atoms with Gasteiger partial charge in [0.2, 0.25) is 0 Å². The summed E-state index contributed by atoms with van der Waals surface area (Å²) in [5.41, 5.74) is 15.2. The van der Waals surface area contributed by atoms with Crippen molar-refractivity contribution in [1.82, 2.24) is 14.8 Å². The Morgan fingerprint density at radius 2 is 1.87 bits per heavy atom. The van der Waals surface area contributed by atoms with Crippen molar-refractivity contribution < 1.29 is 9.84 Å². The second-order valence-corrected chi connectivity index (χ2v) is 8.25. The third-order valence-electron chi connectivity index (χ3n) is 4.54. The molecule has 31 heavy (non-hydrogen) atoms. The molecule has 0 bridgehead atoms. The maximum Gasteiger partial charge on any atom is 0.166 e. The zero-order valence-electron chi connectivity index (χ0n) is 18.4. The monoisotopic (exact) mass is 419 g/mol. The maximum absolute atomic E-state index is 9.86. The van der Waals surface area contributed by atoms with Crippen LogP contribution in [0.15, 0.2) is 42.9 Å². The minimum atomic E-state index is -1.07. The predicted molar refractivity (Wildman–Crippen MR) is 122 cm³/mol. The summed E-state index contributed by atoms with van der Waals surface area (Å²) < 4.78 is 7.88. The first kappa shape index (κ1) is 22.3. The van der Waals surface area contributed by atoms with Crippen LogP contribution in [0, 0.1) is 11.8 Å². The lowest BCUT2D eigenvalue weighted by atomic mass is 10.0. The molecular weight excluding hydrogens is 390 g/mol. The molecule has 5 N–H and O–H groups in total. The Kier molecular flexibility index (Phi) is 6.64. The van der Waals surface area contributed by atoms with Crippen molar-refractivity contribution >= 4 is 5.82 Å². The van der Waals surface area contributed by atoms with Crippen molar-refractivity contribution in [2.24, 2.45) is 5.73 Å².